The molecule has 0 bridgehead atoms. The van der Waals surface area contributed by atoms with Crippen molar-refractivity contribution < 1.29 is 14.6 Å². The molecule has 0 aliphatic rings. The molecule has 3 heteroatoms. The Labute approximate surface area is 226 Å². The van der Waals surface area contributed by atoms with E-state index in [0.717, 1.165) is 41.5 Å². The number of carbonyl (C=O) groups excluding carboxylic acids is 1. The van der Waals surface area contributed by atoms with Gasteiger partial charge >= 0.3 is 5.97 Å². The Bertz CT molecular complexity index is 1130. The summed E-state index contributed by atoms with van der Waals surface area (Å²) in [4.78, 5) is 12.5. The highest BCUT2D eigenvalue weighted by atomic mass is 16.5. The molecule has 37 heavy (non-hydrogen) atoms. The van der Waals surface area contributed by atoms with Crippen molar-refractivity contribution in [1.29, 1.82) is 0 Å². The van der Waals surface area contributed by atoms with Crippen molar-refractivity contribution in [3.63, 3.8) is 0 Å². The highest BCUT2D eigenvalue weighted by Gasteiger charge is 2.29. The Hall–Kier alpha value is -2.55. The summed E-state index contributed by atoms with van der Waals surface area (Å²) in [5, 5.41) is 11.5. The van der Waals surface area contributed by atoms with E-state index in [2.05, 4.69) is 107 Å². The summed E-state index contributed by atoms with van der Waals surface area (Å²) in [5.74, 6) is 0.879. The third-order valence-electron chi connectivity index (χ3n) is 7.95. The average Bonchev–Trinajstić information content (AvgIpc) is 2.80. The fourth-order valence-electron chi connectivity index (χ4n) is 4.53. The second kappa shape index (κ2) is 11.5. The van der Waals surface area contributed by atoms with Gasteiger partial charge < -0.3 is 9.84 Å². The van der Waals surface area contributed by atoms with Crippen LogP contribution in [-0.4, -0.2) is 11.1 Å². The highest BCUT2D eigenvalue weighted by molar-refractivity contribution is 5.84. The van der Waals surface area contributed by atoms with Gasteiger partial charge in [-0.15, -0.1) is 0 Å². The number of ether oxygens (including phenoxy) is 1. The maximum atomic E-state index is 12.5. The second-order valence-corrected chi connectivity index (χ2v) is 13.3. The Kier molecular flexibility index (Phi) is 9.50. The van der Waals surface area contributed by atoms with Gasteiger partial charge in [0.2, 0.25) is 0 Å². The monoisotopic (exact) mass is 506 g/mol. The quantitative estimate of drug-likeness (QED) is 0.199. The minimum atomic E-state index is -0.472. The molecule has 0 amide bonds. The molecule has 0 aliphatic carbocycles. The Morgan fingerprint density at radius 2 is 1.38 bits per heavy atom. The van der Waals surface area contributed by atoms with Gasteiger partial charge in [-0.3, -0.25) is 0 Å². The predicted molar refractivity (Wildman–Crippen MR) is 157 cm³/mol. The van der Waals surface area contributed by atoms with Crippen LogP contribution in [0.4, 0.5) is 0 Å². The lowest BCUT2D eigenvalue weighted by molar-refractivity contribution is -0.129. The molecule has 0 atom stereocenters. The molecule has 0 spiro atoms. The van der Waals surface area contributed by atoms with E-state index in [9.17, 15) is 9.90 Å². The topological polar surface area (TPSA) is 46.5 Å². The molecule has 0 fully saturated rings. The van der Waals surface area contributed by atoms with Crippen molar-refractivity contribution >= 4 is 5.97 Å². The van der Waals surface area contributed by atoms with Crippen LogP contribution in [0.1, 0.15) is 122 Å². The van der Waals surface area contributed by atoms with Gasteiger partial charge in [0.25, 0.3) is 0 Å². The summed E-state index contributed by atoms with van der Waals surface area (Å²) in [6.07, 6.45) is 4.46. The summed E-state index contributed by atoms with van der Waals surface area (Å²) in [7, 11) is 0. The van der Waals surface area contributed by atoms with E-state index >= 15 is 0 Å². The minimum Gasteiger partial charge on any atom is -0.507 e. The Morgan fingerprint density at radius 1 is 0.892 bits per heavy atom. The normalized spacial score (nSPS) is 12.6. The molecule has 0 saturated carbocycles. The Balaban J connectivity index is 2.90. The lowest BCUT2D eigenvalue weighted by Crippen LogP contribution is -2.22. The van der Waals surface area contributed by atoms with Gasteiger partial charge in [0.05, 0.1) is 0 Å². The second-order valence-electron chi connectivity index (χ2n) is 13.3. The van der Waals surface area contributed by atoms with Gasteiger partial charge in [0.15, 0.2) is 0 Å². The maximum Gasteiger partial charge on any atom is 0.335 e. The molecule has 0 heterocycles. The standard InChI is InChI=1S/C34H50O3/c1-13-29(35)37-31-25(20-27(34(11,12)15-3)21-28(31)32(6,7)8)17-24-19-26(33(9,10)14-2)18-23(30(24)36)16-22(4)5/h13,18-22,36H,1,14-17H2,2-12H3. The molecule has 3 nitrogen and oxygen atoms in total. The Morgan fingerprint density at radius 3 is 1.84 bits per heavy atom. The molecule has 2 rings (SSSR count). The number of rotatable bonds is 10. The van der Waals surface area contributed by atoms with Crippen molar-refractivity contribution in [3.8, 4) is 11.5 Å². The maximum absolute atomic E-state index is 12.5. The third-order valence-corrected chi connectivity index (χ3v) is 7.95. The summed E-state index contributed by atoms with van der Waals surface area (Å²) in [6, 6.07) is 8.69. The number of aromatic hydroxyl groups is 1. The zero-order chi connectivity index (χ0) is 28.3. The lowest BCUT2D eigenvalue weighted by atomic mass is 9.75. The van der Waals surface area contributed by atoms with Crippen molar-refractivity contribution in [2.45, 2.75) is 118 Å². The van der Waals surface area contributed by atoms with Gasteiger partial charge in [-0.1, -0.05) is 107 Å². The van der Waals surface area contributed by atoms with Crippen LogP contribution in [0, 0.1) is 5.92 Å². The number of hydrogen-bond acceptors (Lipinski definition) is 3. The first-order valence-corrected chi connectivity index (χ1v) is 13.8. The molecule has 1 N–H and O–H groups in total. The summed E-state index contributed by atoms with van der Waals surface area (Å²) in [6.45, 7) is 27.8. The van der Waals surface area contributed by atoms with Crippen molar-refractivity contribution in [2.24, 2.45) is 5.92 Å². The van der Waals surface area contributed by atoms with Crippen molar-refractivity contribution in [3.05, 3.63) is 70.3 Å². The van der Waals surface area contributed by atoms with Gasteiger partial charge in [0, 0.05) is 23.6 Å². The highest BCUT2D eigenvalue weighted by Crippen LogP contribution is 2.42. The number of phenols is 1. The fraction of sp³-hybridized carbons (Fsp3) is 0.559. The molecule has 0 aromatic heterocycles. The molecular weight excluding hydrogens is 456 g/mol. The summed E-state index contributed by atoms with van der Waals surface area (Å²) in [5.41, 5.74) is 5.88. The third kappa shape index (κ3) is 7.27. The van der Waals surface area contributed by atoms with Crippen LogP contribution in [0.15, 0.2) is 36.9 Å². The van der Waals surface area contributed by atoms with E-state index in [1.807, 2.05) is 0 Å². The van der Waals surface area contributed by atoms with Crippen molar-refractivity contribution in [2.75, 3.05) is 0 Å². The minimum absolute atomic E-state index is 0.0189. The van der Waals surface area contributed by atoms with Crippen LogP contribution in [-0.2, 0) is 33.9 Å². The number of benzene rings is 2. The van der Waals surface area contributed by atoms with E-state index in [1.165, 1.54) is 17.2 Å². The molecule has 0 saturated heterocycles. The van der Waals surface area contributed by atoms with Crippen LogP contribution in [0.3, 0.4) is 0 Å². The average molecular weight is 507 g/mol. The zero-order valence-electron chi connectivity index (χ0n) is 25.3. The predicted octanol–water partition coefficient (Wildman–Crippen LogP) is 8.95. The number of carbonyl (C=O) groups is 1. The van der Waals surface area contributed by atoms with Crippen LogP contribution >= 0.6 is 0 Å². The van der Waals surface area contributed by atoms with Crippen molar-refractivity contribution in [1.82, 2.24) is 0 Å². The van der Waals surface area contributed by atoms with E-state index in [-0.39, 0.29) is 16.2 Å². The van der Waals surface area contributed by atoms with E-state index in [0.29, 0.717) is 23.8 Å². The van der Waals surface area contributed by atoms with Gasteiger partial charge in [-0.05, 0) is 63.7 Å². The van der Waals surface area contributed by atoms with Gasteiger partial charge in [-0.25, -0.2) is 4.79 Å². The van der Waals surface area contributed by atoms with E-state index in [1.54, 1.807) is 0 Å². The SMILES string of the molecule is C=CC(=O)Oc1c(Cc2cc(C(C)(C)CC)cc(CC(C)C)c2O)cc(C(C)(C)CC)cc1C(C)(C)C. The first-order valence-electron chi connectivity index (χ1n) is 13.8. The van der Waals surface area contributed by atoms with Crippen LogP contribution in [0.2, 0.25) is 0 Å². The molecular formula is C34H50O3. The number of esters is 1. The molecule has 2 aromatic carbocycles. The summed E-state index contributed by atoms with van der Waals surface area (Å²) < 4.78 is 5.94. The van der Waals surface area contributed by atoms with Gasteiger partial charge in [0.1, 0.15) is 11.5 Å². The molecule has 0 unspecified atom stereocenters. The summed E-state index contributed by atoms with van der Waals surface area (Å²) >= 11 is 0. The molecule has 0 radical (unpaired) electrons. The smallest absolute Gasteiger partial charge is 0.335 e. The first-order chi connectivity index (χ1) is 17.0. The van der Waals surface area contributed by atoms with E-state index < -0.39 is 5.97 Å². The fourth-order valence-corrected chi connectivity index (χ4v) is 4.53. The van der Waals surface area contributed by atoms with Crippen LogP contribution < -0.4 is 4.74 Å². The zero-order valence-corrected chi connectivity index (χ0v) is 25.3. The molecule has 204 valence electrons. The lowest BCUT2D eigenvalue weighted by Gasteiger charge is -2.31. The van der Waals surface area contributed by atoms with Crippen LogP contribution in [0.5, 0.6) is 11.5 Å². The number of hydrogen-bond donors (Lipinski definition) is 1. The number of phenolic OH excluding ortho intramolecular Hbond substituents is 1. The van der Waals surface area contributed by atoms with Gasteiger partial charge in [-0.2, -0.15) is 0 Å². The van der Waals surface area contributed by atoms with E-state index in [4.69, 9.17) is 4.74 Å². The largest absolute Gasteiger partial charge is 0.507 e. The van der Waals surface area contributed by atoms with Crippen LogP contribution in [0.25, 0.3) is 0 Å². The molecule has 0 aliphatic heterocycles. The first kappa shape index (κ1) is 30.7. The molecule has 2 aromatic rings.